The Hall–Kier alpha value is -3.74. The maximum absolute atomic E-state index is 11.9. The molecule has 136 valence electrons. The Balaban J connectivity index is 1.63. The van der Waals surface area contributed by atoms with Gasteiger partial charge in [0.05, 0.1) is 16.8 Å². The summed E-state index contributed by atoms with van der Waals surface area (Å²) < 4.78 is 7.13. The molecule has 0 aliphatic heterocycles. The van der Waals surface area contributed by atoms with Crippen LogP contribution in [0.15, 0.2) is 67.3 Å². The lowest BCUT2D eigenvalue weighted by Gasteiger charge is -2.09. The summed E-state index contributed by atoms with van der Waals surface area (Å²) in [5, 5.41) is 11.0. The first kappa shape index (κ1) is 18.1. The number of para-hydroxylation sites is 1. The van der Waals surface area contributed by atoms with Gasteiger partial charge in [-0.25, -0.2) is 9.78 Å². The van der Waals surface area contributed by atoms with Crippen LogP contribution in [0.5, 0.6) is 0 Å². The van der Waals surface area contributed by atoms with Crippen LogP contribution < -0.4 is 0 Å². The van der Waals surface area contributed by atoms with Crippen molar-refractivity contribution in [1.82, 2.24) is 9.55 Å². The second kappa shape index (κ2) is 8.09. The molecule has 0 unspecified atom stereocenters. The molecule has 0 atom stereocenters. The van der Waals surface area contributed by atoms with Crippen LogP contribution in [-0.4, -0.2) is 20.4 Å². The molecule has 27 heavy (non-hydrogen) atoms. The lowest BCUT2D eigenvalue weighted by molar-refractivity contribution is -0.385. The summed E-state index contributed by atoms with van der Waals surface area (Å²) in [4.78, 5) is 26.4. The first-order valence-corrected chi connectivity index (χ1v) is 8.21. The fourth-order valence-corrected chi connectivity index (χ4v) is 2.56. The molecular weight excluding hydrogens is 346 g/mol. The molecule has 0 aliphatic carbocycles. The highest BCUT2D eigenvalue weighted by molar-refractivity contribution is 5.87. The SMILES string of the molecule is Cc1cc(-n2ccnc2)ccc1COC(=O)/C=C/c1ccccc1[N+](=O)[O-]. The van der Waals surface area contributed by atoms with E-state index in [1.165, 1.54) is 18.2 Å². The molecule has 2 aromatic carbocycles. The summed E-state index contributed by atoms with van der Waals surface area (Å²) in [6, 6.07) is 12.0. The minimum absolute atomic E-state index is 0.0625. The lowest BCUT2D eigenvalue weighted by Crippen LogP contribution is -2.03. The van der Waals surface area contributed by atoms with Crippen LogP contribution in [-0.2, 0) is 16.1 Å². The van der Waals surface area contributed by atoms with Crippen molar-refractivity contribution in [3.05, 3.63) is 94.1 Å². The number of nitro groups is 1. The van der Waals surface area contributed by atoms with E-state index < -0.39 is 10.9 Å². The fraction of sp³-hybridized carbons (Fsp3) is 0.100. The first-order chi connectivity index (χ1) is 13.0. The van der Waals surface area contributed by atoms with Crippen molar-refractivity contribution >= 4 is 17.7 Å². The summed E-state index contributed by atoms with van der Waals surface area (Å²) in [5.74, 6) is -0.564. The van der Waals surface area contributed by atoms with Gasteiger partial charge >= 0.3 is 5.97 Å². The molecule has 0 bridgehead atoms. The standard InChI is InChI=1S/C20H17N3O4/c1-15-12-18(22-11-10-21-14-22)8-6-17(15)13-27-20(24)9-7-16-4-2-3-5-19(16)23(25)26/h2-12,14H,13H2,1H3/b9-7+. The molecule has 0 N–H and O–H groups in total. The fourth-order valence-electron chi connectivity index (χ4n) is 2.56. The number of nitrogens with zero attached hydrogens (tertiary/aromatic N) is 3. The molecule has 7 heteroatoms. The molecule has 0 fully saturated rings. The van der Waals surface area contributed by atoms with E-state index in [4.69, 9.17) is 4.74 Å². The predicted octanol–water partition coefficient (Wildman–Crippen LogP) is 3.85. The molecule has 0 radical (unpaired) electrons. The Morgan fingerprint density at radius 3 is 2.81 bits per heavy atom. The molecule has 3 aromatic rings. The Morgan fingerprint density at radius 2 is 2.11 bits per heavy atom. The van der Waals surface area contributed by atoms with Crippen molar-refractivity contribution in [2.45, 2.75) is 13.5 Å². The van der Waals surface area contributed by atoms with E-state index in [0.29, 0.717) is 5.56 Å². The van der Waals surface area contributed by atoms with Crippen LogP contribution in [0.4, 0.5) is 5.69 Å². The van der Waals surface area contributed by atoms with Crippen molar-refractivity contribution < 1.29 is 14.5 Å². The van der Waals surface area contributed by atoms with Gasteiger partial charge in [0.2, 0.25) is 0 Å². The molecule has 7 nitrogen and oxygen atoms in total. The molecule has 1 heterocycles. The minimum atomic E-state index is -0.564. The summed E-state index contributed by atoms with van der Waals surface area (Å²) in [5.41, 5.74) is 3.12. The number of aryl methyl sites for hydroxylation is 1. The van der Waals surface area contributed by atoms with Gasteiger partial charge in [0.25, 0.3) is 5.69 Å². The van der Waals surface area contributed by atoms with Gasteiger partial charge in [-0.3, -0.25) is 10.1 Å². The number of imidazole rings is 1. The summed E-state index contributed by atoms with van der Waals surface area (Å²) in [7, 11) is 0. The van der Waals surface area contributed by atoms with Crippen LogP contribution in [0, 0.1) is 17.0 Å². The Kier molecular flexibility index (Phi) is 5.41. The number of esters is 1. The van der Waals surface area contributed by atoms with Crippen LogP contribution >= 0.6 is 0 Å². The third-order valence-electron chi connectivity index (χ3n) is 4.03. The lowest BCUT2D eigenvalue weighted by atomic mass is 10.1. The zero-order valence-electron chi connectivity index (χ0n) is 14.6. The number of aromatic nitrogens is 2. The molecular formula is C20H17N3O4. The average Bonchev–Trinajstić information content (AvgIpc) is 3.20. The number of hydrogen-bond acceptors (Lipinski definition) is 5. The van der Waals surface area contributed by atoms with Crippen molar-refractivity contribution in [3.63, 3.8) is 0 Å². The van der Waals surface area contributed by atoms with Gasteiger partial charge < -0.3 is 9.30 Å². The zero-order valence-corrected chi connectivity index (χ0v) is 14.6. The number of benzene rings is 2. The smallest absolute Gasteiger partial charge is 0.331 e. The van der Waals surface area contributed by atoms with E-state index in [0.717, 1.165) is 16.8 Å². The van der Waals surface area contributed by atoms with E-state index in [1.807, 2.05) is 35.9 Å². The van der Waals surface area contributed by atoms with E-state index in [-0.39, 0.29) is 12.3 Å². The van der Waals surface area contributed by atoms with E-state index in [2.05, 4.69) is 4.98 Å². The molecule has 3 rings (SSSR count). The second-order valence-corrected chi connectivity index (χ2v) is 5.84. The highest BCUT2D eigenvalue weighted by Gasteiger charge is 2.10. The van der Waals surface area contributed by atoms with Gasteiger partial charge in [-0.15, -0.1) is 0 Å². The van der Waals surface area contributed by atoms with Gasteiger partial charge in [0.1, 0.15) is 6.61 Å². The molecule has 1 aromatic heterocycles. The maximum atomic E-state index is 11.9. The Morgan fingerprint density at radius 1 is 1.30 bits per heavy atom. The van der Waals surface area contributed by atoms with Crippen molar-refractivity contribution in [3.8, 4) is 5.69 Å². The van der Waals surface area contributed by atoms with E-state index in [1.54, 1.807) is 30.7 Å². The molecule has 0 spiro atoms. The van der Waals surface area contributed by atoms with E-state index in [9.17, 15) is 14.9 Å². The summed E-state index contributed by atoms with van der Waals surface area (Å²) in [6.45, 7) is 2.06. The highest BCUT2D eigenvalue weighted by Crippen LogP contribution is 2.19. The number of ether oxygens (including phenoxy) is 1. The van der Waals surface area contributed by atoms with Gasteiger partial charge in [0.15, 0.2) is 0 Å². The van der Waals surface area contributed by atoms with Crippen molar-refractivity contribution in [1.29, 1.82) is 0 Å². The monoisotopic (exact) mass is 363 g/mol. The molecule has 0 aliphatic rings. The normalized spacial score (nSPS) is 10.9. The largest absolute Gasteiger partial charge is 0.458 e. The van der Waals surface area contributed by atoms with Crippen LogP contribution in [0.3, 0.4) is 0 Å². The number of carbonyl (C=O) groups excluding carboxylic acids is 1. The average molecular weight is 363 g/mol. The van der Waals surface area contributed by atoms with Crippen LogP contribution in [0.1, 0.15) is 16.7 Å². The third kappa shape index (κ3) is 4.46. The van der Waals surface area contributed by atoms with Crippen molar-refractivity contribution in [2.24, 2.45) is 0 Å². The van der Waals surface area contributed by atoms with Gasteiger partial charge in [-0.2, -0.15) is 0 Å². The van der Waals surface area contributed by atoms with Crippen LogP contribution in [0.2, 0.25) is 0 Å². The van der Waals surface area contributed by atoms with Crippen molar-refractivity contribution in [2.75, 3.05) is 0 Å². The highest BCUT2D eigenvalue weighted by atomic mass is 16.6. The van der Waals surface area contributed by atoms with Gasteiger partial charge in [-0.05, 0) is 42.3 Å². The quantitative estimate of drug-likeness (QED) is 0.287. The summed E-state index contributed by atoms with van der Waals surface area (Å²) >= 11 is 0. The summed E-state index contributed by atoms with van der Waals surface area (Å²) in [6.07, 6.45) is 7.84. The topological polar surface area (TPSA) is 87.3 Å². The number of nitro benzene ring substituents is 1. The Labute approximate surface area is 155 Å². The number of hydrogen-bond donors (Lipinski definition) is 0. The van der Waals surface area contributed by atoms with Gasteiger partial charge in [0, 0.05) is 30.2 Å². The minimum Gasteiger partial charge on any atom is -0.458 e. The van der Waals surface area contributed by atoms with Gasteiger partial charge in [-0.1, -0.05) is 18.2 Å². The molecule has 0 saturated carbocycles. The van der Waals surface area contributed by atoms with E-state index >= 15 is 0 Å². The van der Waals surface area contributed by atoms with Crippen LogP contribution in [0.25, 0.3) is 11.8 Å². The first-order valence-electron chi connectivity index (χ1n) is 8.21. The zero-order chi connectivity index (χ0) is 19.2. The second-order valence-electron chi connectivity index (χ2n) is 5.84. The number of rotatable bonds is 6. The predicted molar refractivity (Wildman–Crippen MR) is 100 cm³/mol. The molecule has 0 amide bonds. The Bertz CT molecular complexity index is 994. The third-order valence-corrected chi connectivity index (χ3v) is 4.03. The maximum Gasteiger partial charge on any atom is 0.331 e. The number of carbonyl (C=O) groups is 1. The molecule has 0 saturated heterocycles.